The molecule has 1 aromatic carbocycles. The van der Waals surface area contributed by atoms with Gasteiger partial charge in [0.05, 0.1) is 6.54 Å². The number of carbonyl (C=O) groups is 2. The van der Waals surface area contributed by atoms with Crippen LogP contribution in [0.2, 0.25) is 0 Å². The van der Waals surface area contributed by atoms with E-state index in [-0.39, 0.29) is 23.9 Å². The van der Waals surface area contributed by atoms with E-state index < -0.39 is 17.6 Å². The Kier molecular flexibility index (Phi) is 6.79. The predicted molar refractivity (Wildman–Crippen MR) is 115 cm³/mol. The van der Waals surface area contributed by atoms with Crippen molar-refractivity contribution >= 4 is 35.8 Å². The maximum Gasteiger partial charge on any atom is 0.414 e. The highest BCUT2D eigenvalue weighted by molar-refractivity contribution is 6.05. The Morgan fingerprint density at radius 3 is 2.77 bits per heavy atom. The monoisotopic (exact) mass is 433 g/mol. The first-order valence-electron chi connectivity index (χ1n) is 9.74. The highest BCUT2D eigenvalue weighted by Gasteiger charge is 2.25. The molecule has 0 saturated carbocycles. The number of ether oxygens (including phenoxy) is 1. The summed E-state index contributed by atoms with van der Waals surface area (Å²) in [5.41, 5.74) is 1.03. The first kappa shape index (κ1) is 21.9. The van der Waals surface area contributed by atoms with Gasteiger partial charge in [0, 0.05) is 23.8 Å². The van der Waals surface area contributed by atoms with Crippen LogP contribution in [0.25, 0.3) is 0 Å². The molecule has 0 bridgehead atoms. The van der Waals surface area contributed by atoms with Crippen molar-refractivity contribution in [2.75, 3.05) is 36.5 Å². The zero-order valence-corrected chi connectivity index (χ0v) is 17.4. The second-order valence-corrected chi connectivity index (χ2v) is 7.31. The molecular weight excluding hydrogens is 410 g/mol. The number of hydrogen-bond donors (Lipinski definition) is 2. The SMILES string of the molecule is Cc1cc(C2CCCNC2)oc(=O)c1C(=O)Nc1cccc(N2CCOC2=O)c1.Cl. The number of anilines is 2. The van der Waals surface area contributed by atoms with E-state index in [0.29, 0.717) is 35.9 Å². The number of benzene rings is 1. The molecular formula is C21H24ClN3O5. The quantitative estimate of drug-likeness (QED) is 0.768. The fourth-order valence-corrected chi connectivity index (χ4v) is 3.77. The van der Waals surface area contributed by atoms with Gasteiger partial charge in [-0.2, -0.15) is 0 Å². The van der Waals surface area contributed by atoms with E-state index in [1.807, 2.05) is 0 Å². The van der Waals surface area contributed by atoms with Crippen molar-refractivity contribution in [3.8, 4) is 0 Å². The number of carbonyl (C=O) groups excluding carboxylic acids is 2. The number of cyclic esters (lactones) is 1. The van der Waals surface area contributed by atoms with Crippen LogP contribution in [0.3, 0.4) is 0 Å². The zero-order chi connectivity index (χ0) is 20.4. The summed E-state index contributed by atoms with van der Waals surface area (Å²) >= 11 is 0. The second kappa shape index (κ2) is 9.32. The number of nitrogens with one attached hydrogen (secondary N) is 2. The largest absolute Gasteiger partial charge is 0.447 e. The van der Waals surface area contributed by atoms with Gasteiger partial charge >= 0.3 is 11.7 Å². The summed E-state index contributed by atoms with van der Waals surface area (Å²) in [4.78, 5) is 38.5. The molecule has 2 aromatic rings. The minimum atomic E-state index is -0.637. The fraction of sp³-hybridized carbons (Fsp3) is 0.381. The van der Waals surface area contributed by atoms with Crippen LogP contribution in [0, 0.1) is 6.92 Å². The van der Waals surface area contributed by atoms with Gasteiger partial charge in [0.1, 0.15) is 17.9 Å². The van der Waals surface area contributed by atoms with Gasteiger partial charge in [-0.1, -0.05) is 6.07 Å². The van der Waals surface area contributed by atoms with Crippen molar-refractivity contribution in [1.82, 2.24) is 5.32 Å². The maximum atomic E-state index is 12.8. The molecule has 2 aliphatic rings. The van der Waals surface area contributed by atoms with Gasteiger partial charge in [-0.05, 0) is 56.1 Å². The topological polar surface area (TPSA) is 101 Å². The Labute approximate surface area is 180 Å². The van der Waals surface area contributed by atoms with Crippen molar-refractivity contribution in [2.45, 2.75) is 25.7 Å². The third kappa shape index (κ3) is 4.49. The Balaban J connectivity index is 0.00000256. The standard InChI is InChI=1S/C21H23N3O5.ClH/c1-13-10-17(14-4-3-7-22-12-14)29-20(26)18(13)19(25)23-15-5-2-6-16(11-15)24-8-9-28-21(24)27;/h2,5-6,10-11,14,22H,3-4,7-9,12H2,1H3,(H,23,25);1H. The van der Waals surface area contributed by atoms with Crippen LogP contribution in [-0.4, -0.2) is 38.2 Å². The van der Waals surface area contributed by atoms with Crippen LogP contribution >= 0.6 is 12.4 Å². The van der Waals surface area contributed by atoms with Gasteiger partial charge < -0.3 is 19.8 Å². The Hall–Kier alpha value is -2.84. The minimum absolute atomic E-state index is 0. The van der Waals surface area contributed by atoms with Crippen molar-refractivity contribution in [1.29, 1.82) is 0 Å². The van der Waals surface area contributed by atoms with Crippen molar-refractivity contribution < 1.29 is 18.7 Å². The fourth-order valence-electron chi connectivity index (χ4n) is 3.77. The second-order valence-electron chi connectivity index (χ2n) is 7.31. The van der Waals surface area contributed by atoms with Gasteiger partial charge in [-0.25, -0.2) is 9.59 Å². The van der Waals surface area contributed by atoms with Gasteiger partial charge in [0.25, 0.3) is 5.91 Å². The van der Waals surface area contributed by atoms with E-state index in [2.05, 4.69) is 10.6 Å². The summed E-state index contributed by atoms with van der Waals surface area (Å²) in [5.74, 6) is 0.223. The van der Waals surface area contributed by atoms with Crippen LogP contribution in [0.4, 0.5) is 16.2 Å². The molecule has 8 nitrogen and oxygen atoms in total. The number of halogens is 1. The first-order valence-corrected chi connectivity index (χ1v) is 9.74. The lowest BCUT2D eigenvalue weighted by atomic mass is 9.95. The van der Waals surface area contributed by atoms with Crippen molar-refractivity contribution in [2.24, 2.45) is 0 Å². The van der Waals surface area contributed by atoms with E-state index in [0.717, 1.165) is 25.9 Å². The minimum Gasteiger partial charge on any atom is -0.447 e. The number of aryl methyl sites for hydroxylation is 1. The third-order valence-electron chi connectivity index (χ3n) is 5.27. The molecule has 2 aliphatic heterocycles. The van der Waals surface area contributed by atoms with E-state index in [4.69, 9.17) is 9.15 Å². The first-order chi connectivity index (χ1) is 14.0. The Morgan fingerprint density at radius 2 is 2.10 bits per heavy atom. The Morgan fingerprint density at radius 1 is 1.27 bits per heavy atom. The highest BCUT2D eigenvalue weighted by Crippen LogP contribution is 2.25. The summed E-state index contributed by atoms with van der Waals surface area (Å²) < 4.78 is 10.4. The van der Waals surface area contributed by atoms with Crippen LogP contribution in [-0.2, 0) is 4.74 Å². The summed E-state index contributed by atoms with van der Waals surface area (Å²) in [6.07, 6.45) is 1.56. The molecule has 9 heteroatoms. The van der Waals surface area contributed by atoms with Crippen LogP contribution in [0.5, 0.6) is 0 Å². The van der Waals surface area contributed by atoms with Crippen LogP contribution in [0.15, 0.2) is 39.5 Å². The lowest BCUT2D eigenvalue weighted by Gasteiger charge is -2.22. The summed E-state index contributed by atoms with van der Waals surface area (Å²) in [6, 6.07) is 8.63. The molecule has 1 aromatic heterocycles. The predicted octanol–water partition coefficient (Wildman–Crippen LogP) is 3.05. The summed E-state index contributed by atoms with van der Waals surface area (Å²) in [6.45, 7) is 4.26. The molecule has 30 heavy (non-hydrogen) atoms. The summed E-state index contributed by atoms with van der Waals surface area (Å²) in [5, 5.41) is 6.02. The van der Waals surface area contributed by atoms with Gasteiger partial charge in [0.15, 0.2) is 0 Å². The molecule has 0 aliphatic carbocycles. The molecule has 2 amide bonds. The highest BCUT2D eigenvalue weighted by atomic mass is 35.5. The van der Waals surface area contributed by atoms with Crippen LogP contribution < -0.4 is 21.2 Å². The maximum absolute atomic E-state index is 12.8. The molecule has 2 N–H and O–H groups in total. The molecule has 0 radical (unpaired) electrons. The summed E-state index contributed by atoms with van der Waals surface area (Å²) in [7, 11) is 0. The lowest BCUT2D eigenvalue weighted by Crippen LogP contribution is -2.30. The average molecular weight is 434 g/mol. The number of rotatable bonds is 4. The third-order valence-corrected chi connectivity index (χ3v) is 5.27. The van der Waals surface area contributed by atoms with Crippen molar-refractivity contribution in [3.63, 3.8) is 0 Å². The van der Waals surface area contributed by atoms with Gasteiger partial charge in [0.2, 0.25) is 0 Å². The number of hydrogen-bond acceptors (Lipinski definition) is 6. The molecule has 1 atom stereocenters. The molecule has 160 valence electrons. The number of amides is 2. The smallest absolute Gasteiger partial charge is 0.414 e. The van der Waals surface area contributed by atoms with Gasteiger partial charge in [-0.3, -0.25) is 9.69 Å². The van der Waals surface area contributed by atoms with Gasteiger partial charge in [-0.15, -0.1) is 12.4 Å². The zero-order valence-electron chi connectivity index (χ0n) is 16.6. The van der Waals surface area contributed by atoms with E-state index in [1.165, 1.54) is 4.90 Å². The molecule has 4 rings (SSSR count). The van der Waals surface area contributed by atoms with Crippen LogP contribution in [0.1, 0.15) is 40.4 Å². The van der Waals surface area contributed by atoms with E-state index in [9.17, 15) is 14.4 Å². The molecule has 0 spiro atoms. The molecule has 1 unspecified atom stereocenters. The van der Waals surface area contributed by atoms with E-state index in [1.54, 1.807) is 37.3 Å². The molecule has 2 saturated heterocycles. The average Bonchev–Trinajstić information content (AvgIpc) is 3.14. The number of piperidine rings is 1. The number of nitrogens with zero attached hydrogens (tertiary/aromatic N) is 1. The molecule has 3 heterocycles. The lowest BCUT2D eigenvalue weighted by molar-refractivity contribution is 0.102. The molecule has 2 fully saturated rings. The van der Waals surface area contributed by atoms with Crippen molar-refractivity contribution in [3.05, 3.63) is 57.6 Å². The Bertz CT molecular complexity index is 1000. The normalized spacial score (nSPS) is 18.5. The van der Waals surface area contributed by atoms with E-state index >= 15 is 0 Å².